The molecule has 0 atom stereocenters. The van der Waals surface area contributed by atoms with Gasteiger partial charge in [-0.25, -0.2) is 0 Å². The van der Waals surface area contributed by atoms with Gasteiger partial charge in [-0.3, -0.25) is 9.59 Å². The molecule has 1 aromatic carbocycles. The number of aldehydes is 2. The van der Waals surface area contributed by atoms with Crippen molar-refractivity contribution in [1.29, 1.82) is 0 Å². The molecular formula is C12H12O2S. The highest BCUT2D eigenvalue weighted by Crippen LogP contribution is 2.14. The summed E-state index contributed by atoms with van der Waals surface area (Å²) in [7, 11) is 0. The fourth-order valence-corrected chi connectivity index (χ4v) is 1.42. The average Bonchev–Trinajstić information content (AvgIpc) is 2.29. The Balaban J connectivity index is 3.10. The van der Waals surface area contributed by atoms with Crippen LogP contribution in [-0.4, -0.2) is 18.3 Å². The molecule has 3 heteroatoms. The Kier molecular flexibility index (Phi) is 4.84. The molecule has 0 spiro atoms. The molecule has 78 valence electrons. The molecule has 0 saturated heterocycles. The second kappa shape index (κ2) is 6.19. The first-order chi connectivity index (χ1) is 7.33. The van der Waals surface area contributed by atoms with Crippen LogP contribution in [0.3, 0.4) is 0 Å². The van der Waals surface area contributed by atoms with Gasteiger partial charge >= 0.3 is 0 Å². The molecule has 0 aliphatic heterocycles. The Morgan fingerprint density at radius 1 is 1.13 bits per heavy atom. The van der Waals surface area contributed by atoms with Crippen LogP contribution in [0.4, 0.5) is 0 Å². The third kappa shape index (κ3) is 3.06. The lowest BCUT2D eigenvalue weighted by molar-refractivity contribution is 0.112. The van der Waals surface area contributed by atoms with Gasteiger partial charge in [0.05, 0.1) is 0 Å². The highest BCUT2D eigenvalue weighted by molar-refractivity contribution is 7.80. The number of thiol groups is 1. The molecular weight excluding hydrogens is 208 g/mol. The fraction of sp³-hybridized carbons (Fsp3) is 0.167. The van der Waals surface area contributed by atoms with Crippen molar-refractivity contribution in [2.45, 2.75) is 6.42 Å². The van der Waals surface area contributed by atoms with E-state index < -0.39 is 0 Å². The Morgan fingerprint density at radius 3 is 2.20 bits per heavy atom. The molecule has 0 amide bonds. The number of carbonyl (C=O) groups excluding carboxylic acids is 2. The topological polar surface area (TPSA) is 34.1 Å². The normalized spacial score (nSPS) is 10.5. The van der Waals surface area contributed by atoms with Gasteiger partial charge in [-0.05, 0) is 17.7 Å². The molecule has 0 fully saturated rings. The van der Waals surface area contributed by atoms with Crippen LogP contribution in [0.5, 0.6) is 0 Å². The lowest BCUT2D eigenvalue weighted by Crippen LogP contribution is -1.92. The maximum Gasteiger partial charge on any atom is 0.150 e. The lowest BCUT2D eigenvalue weighted by Gasteiger charge is -2.01. The van der Waals surface area contributed by atoms with E-state index in [1.165, 1.54) is 0 Å². The summed E-state index contributed by atoms with van der Waals surface area (Å²) in [6, 6.07) is 5.09. The quantitative estimate of drug-likeness (QED) is 0.611. The Hall–Kier alpha value is -1.35. The van der Waals surface area contributed by atoms with E-state index >= 15 is 0 Å². The third-order valence-corrected chi connectivity index (χ3v) is 2.27. The first kappa shape index (κ1) is 11.7. The summed E-state index contributed by atoms with van der Waals surface area (Å²) in [5.41, 5.74) is 1.76. The first-order valence-corrected chi connectivity index (χ1v) is 5.27. The first-order valence-electron chi connectivity index (χ1n) is 4.64. The van der Waals surface area contributed by atoms with E-state index in [1.54, 1.807) is 24.3 Å². The molecule has 1 rings (SSSR count). The van der Waals surface area contributed by atoms with E-state index in [1.807, 2.05) is 6.08 Å². The summed E-state index contributed by atoms with van der Waals surface area (Å²) < 4.78 is 0. The zero-order valence-corrected chi connectivity index (χ0v) is 9.11. The van der Waals surface area contributed by atoms with Crippen LogP contribution in [0.15, 0.2) is 24.3 Å². The molecule has 0 bridgehead atoms. The van der Waals surface area contributed by atoms with Crippen molar-refractivity contribution in [3.8, 4) is 0 Å². The maximum absolute atomic E-state index is 10.8. The summed E-state index contributed by atoms with van der Waals surface area (Å²) in [5.74, 6) is 0.746. The molecule has 0 radical (unpaired) electrons. The molecule has 0 heterocycles. The molecule has 2 nitrogen and oxygen atoms in total. The van der Waals surface area contributed by atoms with E-state index in [9.17, 15) is 9.59 Å². The summed E-state index contributed by atoms with van der Waals surface area (Å²) in [4.78, 5) is 21.5. The van der Waals surface area contributed by atoms with Crippen LogP contribution in [0, 0.1) is 0 Å². The van der Waals surface area contributed by atoms with Crippen molar-refractivity contribution in [3.63, 3.8) is 0 Å². The highest BCUT2D eigenvalue weighted by atomic mass is 32.1. The maximum atomic E-state index is 10.8. The van der Waals surface area contributed by atoms with Gasteiger partial charge in [0.15, 0.2) is 12.6 Å². The molecule has 0 aromatic heterocycles. The largest absolute Gasteiger partial charge is 0.298 e. The van der Waals surface area contributed by atoms with Crippen LogP contribution in [0.2, 0.25) is 0 Å². The van der Waals surface area contributed by atoms with Crippen LogP contribution in [0.1, 0.15) is 32.7 Å². The van der Waals surface area contributed by atoms with Crippen LogP contribution in [-0.2, 0) is 0 Å². The van der Waals surface area contributed by atoms with E-state index in [2.05, 4.69) is 12.6 Å². The van der Waals surface area contributed by atoms with Gasteiger partial charge in [0.2, 0.25) is 0 Å². The Bertz CT molecular complexity index is 357. The van der Waals surface area contributed by atoms with E-state index in [0.717, 1.165) is 24.7 Å². The van der Waals surface area contributed by atoms with Gasteiger partial charge in [-0.2, -0.15) is 12.6 Å². The second-order valence-electron chi connectivity index (χ2n) is 3.00. The zero-order chi connectivity index (χ0) is 11.1. The minimum Gasteiger partial charge on any atom is -0.298 e. The zero-order valence-electron chi connectivity index (χ0n) is 8.22. The van der Waals surface area contributed by atoms with Gasteiger partial charge in [0, 0.05) is 11.1 Å². The van der Waals surface area contributed by atoms with Gasteiger partial charge in [-0.1, -0.05) is 30.4 Å². The van der Waals surface area contributed by atoms with Crippen molar-refractivity contribution in [2.24, 2.45) is 0 Å². The highest BCUT2D eigenvalue weighted by Gasteiger charge is 2.03. The van der Waals surface area contributed by atoms with Crippen molar-refractivity contribution >= 4 is 31.3 Å². The van der Waals surface area contributed by atoms with Crippen molar-refractivity contribution in [2.75, 3.05) is 5.75 Å². The molecule has 0 aliphatic rings. The van der Waals surface area contributed by atoms with Crippen molar-refractivity contribution in [3.05, 3.63) is 41.0 Å². The fourth-order valence-electron chi connectivity index (χ4n) is 1.28. The number of carbonyl (C=O) groups is 2. The molecule has 15 heavy (non-hydrogen) atoms. The molecule has 1 aromatic rings. The minimum atomic E-state index is 0.537. The molecule has 0 N–H and O–H groups in total. The predicted molar refractivity (Wildman–Crippen MR) is 64.7 cm³/mol. The lowest BCUT2D eigenvalue weighted by atomic mass is 10.0. The van der Waals surface area contributed by atoms with E-state index in [0.29, 0.717) is 16.7 Å². The summed E-state index contributed by atoms with van der Waals surface area (Å²) in [6.45, 7) is 0. The monoisotopic (exact) mass is 220 g/mol. The molecule has 0 saturated carbocycles. The summed E-state index contributed by atoms with van der Waals surface area (Å²) >= 11 is 4.07. The van der Waals surface area contributed by atoms with Crippen molar-refractivity contribution in [1.82, 2.24) is 0 Å². The number of allylic oxidation sites excluding steroid dienone is 1. The van der Waals surface area contributed by atoms with E-state index in [-0.39, 0.29) is 0 Å². The van der Waals surface area contributed by atoms with Gasteiger partial charge < -0.3 is 0 Å². The van der Waals surface area contributed by atoms with E-state index in [4.69, 9.17) is 0 Å². The predicted octanol–water partition coefficient (Wildman–Crippen LogP) is 2.64. The average molecular weight is 220 g/mol. The third-order valence-electron chi connectivity index (χ3n) is 2.01. The summed E-state index contributed by atoms with van der Waals surface area (Å²) in [5, 5.41) is 0. The van der Waals surface area contributed by atoms with Gasteiger partial charge in [-0.15, -0.1) is 0 Å². The smallest absolute Gasteiger partial charge is 0.150 e. The number of hydrogen-bond donors (Lipinski definition) is 1. The number of benzene rings is 1. The standard InChI is InChI=1S/C12H12O2S/c13-8-10-4-3-5-11(9-14)12(10)6-1-2-7-15/h1,3-6,8-9,15H,2,7H2. The van der Waals surface area contributed by atoms with Crippen LogP contribution >= 0.6 is 12.6 Å². The molecule has 0 unspecified atom stereocenters. The molecule has 0 aliphatic carbocycles. The minimum absolute atomic E-state index is 0.537. The summed E-state index contributed by atoms with van der Waals surface area (Å²) in [6.07, 6.45) is 6.03. The van der Waals surface area contributed by atoms with Crippen molar-refractivity contribution < 1.29 is 9.59 Å². The SMILES string of the molecule is O=Cc1cccc(C=O)c1C=CCCS. The van der Waals surface area contributed by atoms with Gasteiger partial charge in [0.1, 0.15) is 0 Å². The number of rotatable bonds is 5. The van der Waals surface area contributed by atoms with Crippen LogP contribution in [0.25, 0.3) is 6.08 Å². The Labute approximate surface area is 94.4 Å². The Morgan fingerprint density at radius 2 is 1.73 bits per heavy atom. The number of hydrogen-bond acceptors (Lipinski definition) is 3. The second-order valence-corrected chi connectivity index (χ2v) is 3.45. The van der Waals surface area contributed by atoms with Gasteiger partial charge in [0.25, 0.3) is 0 Å². The van der Waals surface area contributed by atoms with Crippen LogP contribution < -0.4 is 0 Å².